The van der Waals surface area contributed by atoms with E-state index in [2.05, 4.69) is 6.92 Å². The third kappa shape index (κ3) is 6.25. The lowest BCUT2D eigenvalue weighted by Crippen LogP contribution is -2.27. The van der Waals surface area contributed by atoms with E-state index in [9.17, 15) is 0 Å². The standard InChI is InChI=1S/C7H18N2O2/c1-3-6-10-9(4-2)11-7-5-8/h3-8H2,1-2H3. The fourth-order valence-corrected chi connectivity index (χ4v) is 0.567. The second-order valence-corrected chi connectivity index (χ2v) is 2.10. The summed E-state index contributed by atoms with van der Waals surface area (Å²) in [6.07, 6.45) is 0.989. The van der Waals surface area contributed by atoms with Gasteiger partial charge in [-0.2, -0.15) is 0 Å². The van der Waals surface area contributed by atoms with Crippen LogP contribution in [-0.2, 0) is 9.68 Å². The van der Waals surface area contributed by atoms with E-state index < -0.39 is 0 Å². The van der Waals surface area contributed by atoms with E-state index in [1.165, 1.54) is 5.23 Å². The molecule has 4 nitrogen and oxygen atoms in total. The van der Waals surface area contributed by atoms with Gasteiger partial charge in [-0.3, -0.25) is 9.68 Å². The molecule has 11 heavy (non-hydrogen) atoms. The maximum Gasteiger partial charge on any atom is 0.0834 e. The van der Waals surface area contributed by atoms with Gasteiger partial charge in [0.2, 0.25) is 0 Å². The van der Waals surface area contributed by atoms with Crippen molar-refractivity contribution < 1.29 is 9.68 Å². The van der Waals surface area contributed by atoms with Crippen molar-refractivity contribution in [1.29, 1.82) is 0 Å². The number of hydroxylamine groups is 2. The minimum atomic E-state index is 0.511. The summed E-state index contributed by atoms with van der Waals surface area (Å²) in [6, 6.07) is 0. The van der Waals surface area contributed by atoms with Gasteiger partial charge < -0.3 is 5.73 Å². The smallest absolute Gasteiger partial charge is 0.0834 e. The summed E-state index contributed by atoms with van der Waals surface area (Å²) >= 11 is 0. The lowest BCUT2D eigenvalue weighted by Gasteiger charge is -2.18. The molecular weight excluding hydrogens is 144 g/mol. The summed E-state index contributed by atoms with van der Waals surface area (Å²) in [7, 11) is 0. The van der Waals surface area contributed by atoms with E-state index in [-0.39, 0.29) is 0 Å². The lowest BCUT2D eigenvalue weighted by atomic mass is 10.5. The van der Waals surface area contributed by atoms with E-state index in [1.807, 2.05) is 6.92 Å². The second kappa shape index (κ2) is 7.94. The molecule has 0 rings (SSSR count). The molecule has 0 aromatic heterocycles. The van der Waals surface area contributed by atoms with Crippen LogP contribution in [0.1, 0.15) is 20.3 Å². The maximum absolute atomic E-state index is 5.25. The average Bonchev–Trinajstić information content (AvgIpc) is 2.05. The predicted molar refractivity (Wildman–Crippen MR) is 43.6 cm³/mol. The van der Waals surface area contributed by atoms with Crippen molar-refractivity contribution in [3.63, 3.8) is 0 Å². The molecule has 0 aliphatic carbocycles. The van der Waals surface area contributed by atoms with Gasteiger partial charge in [0.15, 0.2) is 0 Å². The lowest BCUT2D eigenvalue weighted by molar-refractivity contribution is -0.364. The van der Waals surface area contributed by atoms with Gasteiger partial charge in [0, 0.05) is 13.1 Å². The Morgan fingerprint density at radius 1 is 1.18 bits per heavy atom. The number of nitrogens with two attached hydrogens (primary N) is 1. The highest BCUT2D eigenvalue weighted by atomic mass is 16.9. The van der Waals surface area contributed by atoms with E-state index >= 15 is 0 Å². The first-order valence-electron chi connectivity index (χ1n) is 4.08. The Kier molecular flexibility index (Phi) is 7.83. The summed E-state index contributed by atoms with van der Waals surface area (Å²) in [6.45, 7) is 6.46. The molecule has 0 spiro atoms. The van der Waals surface area contributed by atoms with Crippen molar-refractivity contribution in [3.05, 3.63) is 0 Å². The molecule has 0 aliphatic heterocycles. The first-order chi connectivity index (χ1) is 5.35. The summed E-state index contributed by atoms with van der Waals surface area (Å²) < 4.78 is 0. The first kappa shape index (κ1) is 10.8. The summed E-state index contributed by atoms with van der Waals surface area (Å²) in [5.74, 6) is 0. The molecule has 0 aromatic rings. The second-order valence-electron chi connectivity index (χ2n) is 2.10. The molecule has 0 aliphatic rings. The van der Waals surface area contributed by atoms with Crippen LogP contribution in [0.4, 0.5) is 0 Å². The molecule has 0 heterocycles. The topological polar surface area (TPSA) is 47.7 Å². The van der Waals surface area contributed by atoms with Gasteiger partial charge in [-0.05, 0) is 13.3 Å². The maximum atomic E-state index is 5.25. The monoisotopic (exact) mass is 162 g/mol. The zero-order chi connectivity index (χ0) is 8.53. The SMILES string of the molecule is CCCON(CC)OCCN. The Bertz CT molecular complexity index is 72.8. The van der Waals surface area contributed by atoms with E-state index in [0.717, 1.165) is 13.0 Å². The van der Waals surface area contributed by atoms with Crippen LogP contribution in [0, 0.1) is 0 Å². The largest absolute Gasteiger partial charge is 0.328 e. The normalized spacial score (nSPS) is 10.9. The molecule has 0 amide bonds. The van der Waals surface area contributed by atoms with Crippen LogP contribution in [0.2, 0.25) is 0 Å². The van der Waals surface area contributed by atoms with Gasteiger partial charge in [0.05, 0.1) is 13.2 Å². The Labute approximate surface area is 68.2 Å². The van der Waals surface area contributed by atoms with Gasteiger partial charge in [-0.25, -0.2) is 0 Å². The third-order valence-corrected chi connectivity index (χ3v) is 1.05. The predicted octanol–water partition coefficient (Wildman–Crippen LogP) is 0.540. The molecule has 0 radical (unpaired) electrons. The van der Waals surface area contributed by atoms with Crippen LogP contribution in [0.25, 0.3) is 0 Å². The van der Waals surface area contributed by atoms with Gasteiger partial charge in [0.1, 0.15) is 0 Å². The van der Waals surface area contributed by atoms with Crippen LogP contribution >= 0.6 is 0 Å². The molecule has 0 bridgehead atoms. The van der Waals surface area contributed by atoms with Crippen molar-refractivity contribution in [2.45, 2.75) is 20.3 Å². The van der Waals surface area contributed by atoms with Crippen molar-refractivity contribution in [2.24, 2.45) is 5.73 Å². The number of hydrogen-bond acceptors (Lipinski definition) is 4. The fraction of sp³-hybridized carbons (Fsp3) is 1.00. The molecular formula is C7H18N2O2. The minimum absolute atomic E-state index is 0.511. The number of rotatable bonds is 7. The molecule has 0 fully saturated rings. The van der Waals surface area contributed by atoms with Crippen LogP contribution in [-0.4, -0.2) is 31.5 Å². The van der Waals surface area contributed by atoms with E-state index in [0.29, 0.717) is 19.8 Å². The first-order valence-corrected chi connectivity index (χ1v) is 4.08. The quantitative estimate of drug-likeness (QED) is 0.555. The minimum Gasteiger partial charge on any atom is -0.328 e. The Balaban J connectivity index is 3.25. The summed E-state index contributed by atoms with van der Waals surface area (Å²) in [5.41, 5.74) is 5.25. The molecule has 0 atom stereocenters. The number of nitrogens with zero attached hydrogens (tertiary/aromatic N) is 1. The van der Waals surface area contributed by atoms with Gasteiger partial charge in [-0.1, -0.05) is 12.2 Å². The zero-order valence-electron chi connectivity index (χ0n) is 7.38. The summed E-state index contributed by atoms with van der Waals surface area (Å²) in [4.78, 5) is 10.3. The highest BCUT2D eigenvalue weighted by Crippen LogP contribution is 1.92. The van der Waals surface area contributed by atoms with Crippen molar-refractivity contribution in [3.8, 4) is 0 Å². The Morgan fingerprint density at radius 3 is 2.27 bits per heavy atom. The van der Waals surface area contributed by atoms with Crippen LogP contribution in [0.15, 0.2) is 0 Å². The van der Waals surface area contributed by atoms with E-state index in [1.54, 1.807) is 0 Å². The molecule has 0 aromatic carbocycles. The molecule has 2 N–H and O–H groups in total. The molecule has 0 unspecified atom stereocenters. The molecule has 0 saturated heterocycles. The molecule has 68 valence electrons. The zero-order valence-corrected chi connectivity index (χ0v) is 7.38. The van der Waals surface area contributed by atoms with Gasteiger partial charge in [-0.15, -0.1) is 0 Å². The molecule has 4 heteroatoms. The van der Waals surface area contributed by atoms with Gasteiger partial charge in [0.25, 0.3) is 0 Å². The highest BCUT2D eigenvalue weighted by molar-refractivity contribution is 4.27. The molecule has 0 saturated carbocycles. The Morgan fingerprint density at radius 2 is 1.82 bits per heavy atom. The van der Waals surface area contributed by atoms with Gasteiger partial charge >= 0.3 is 0 Å². The van der Waals surface area contributed by atoms with Crippen molar-refractivity contribution in [1.82, 2.24) is 5.23 Å². The Hall–Kier alpha value is -0.160. The van der Waals surface area contributed by atoms with Crippen LogP contribution < -0.4 is 5.73 Å². The van der Waals surface area contributed by atoms with Crippen molar-refractivity contribution >= 4 is 0 Å². The van der Waals surface area contributed by atoms with E-state index in [4.69, 9.17) is 15.4 Å². The van der Waals surface area contributed by atoms with Crippen molar-refractivity contribution in [2.75, 3.05) is 26.3 Å². The fourth-order valence-electron chi connectivity index (χ4n) is 0.567. The number of hydrogen-bond donors (Lipinski definition) is 1. The average molecular weight is 162 g/mol. The van der Waals surface area contributed by atoms with Crippen LogP contribution in [0.3, 0.4) is 0 Å². The third-order valence-electron chi connectivity index (χ3n) is 1.05. The summed E-state index contributed by atoms with van der Waals surface area (Å²) in [5, 5.41) is 1.47. The highest BCUT2D eigenvalue weighted by Gasteiger charge is 1.99. The van der Waals surface area contributed by atoms with Crippen LogP contribution in [0.5, 0.6) is 0 Å².